The van der Waals surface area contributed by atoms with Crippen molar-refractivity contribution in [3.8, 4) is 0 Å². The minimum atomic E-state index is -0.0492. The highest BCUT2D eigenvalue weighted by Gasteiger charge is 2.18. The fourth-order valence-corrected chi connectivity index (χ4v) is 2.26. The van der Waals surface area contributed by atoms with E-state index >= 15 is 0 Å². The quantitative estimate of drug-likeness (QED) is 0.870. The van der Waals surface area contributed by atoms with Gasteiger partial charge in [-0.2, -0.15) is 5.10 Å². The number of aromatic nitrogens is 2. The van der Waals surface area contributed by atoms with Gasteiger partial charge >= 0.3 is 0 Å². The minimum Gasteiger partial charge on any atom is -0.327 e. The van der Waals surface area contributed by atoms with Crippen molar-refractivity contribution in [2.24, 2.45) is 18.2 Å². The molecule has 0 radical (unpaired) electrons. The van der Waals surface area contributed by atoms with Gasteiger partial charge in [0.2, 0.25) is 0 Å². The van der Waals surface area contributed by atoms with Crippen LogP contribution in [0.25, 0.3) is 0 Å². The Kier molecular flexibility index (Phi) is 4.68. The topological polar surface area (TPSA) is 60.9 Å². The first-order chi connectivity index (χ1) is 8.17. The number of hydrogen-bond donors (Lipinski definition) is 1. The van der Waals surface area contributed by atoms with Gasteiger partial charge in [-0.15, -0.1) is 0 Å². The van der Waals surface area contributed by atoms with Crippen LogP contribution in [0.4, 0.5) is 0 Å². The zero-order valence-corrected chi connectivity index (χ0v) is 12.2. The van der Waals surface area contributed by atoms with E-state index in [4.69, 9.17) is 5.73 Å². The molecule has 2 N–H and O–H groups in total. The molecule has 0 saturated carbocycles. The standard InChI is InChI=1S/C14H25N3O/c1-10-6-12(17(5)16-10)8-13(18)7-11(15)9-14(2,3)4/h6,11H,7-9,15H2,1-5H3. The van der Waals surface area contributed by atoms with Crippen LogP contribution in [-0.2, 0) is 18.3 Å². The Morgan fingerprint density at radius 2 is 2.11 bits per heavy atom. The molecule has 1 unspecified atom stereocenters. The zero-order valence-electron chi connectivity index (χ0n) is 12.2. The SMILES string of the molecule is Cc1cc(CC(=O)CC(N)CC(C)(C)C)n(C)n1. The lowest BCUT2D eigenvalue weighted by molar-refractivity contribution is -0.118. The summed E-state index contributed by atoms with van der Waals surface area (Å²) in [6, 6.07) is 1.90. The molecule has 0 aromatic carbocycles. The van der Waals surface area contributed by atoms with Gasteiger partial charge in [-0.3, -0.25) is 9.48 Å². The van der Waals surface area contributed by atoms with Crippen LogP contribution in [0.5, 0.6) is 0 Å². The Morgan fingerprint density at radius 3 is 2.56 bits per heavy atom. The molecule has 0 saturated heterocycles. The summed E-state index contributed by atoms with van der Waals surface area (Å²) in [5, 5.41) is 4.24. The van der Waals surface area contributed by atoms with Gasteiger partial charge in [-0.25, -0.2) is 0 Å². The first kappa shape index (κ1) is 14.9. The molecule has 0 amide bonds. The van der Waals surface area contributed by atoms with E-state index in [0.29, 0.717) is 12.8 Å². The number of aryl methyl sites for hydroxylation is 2. The molecule has 0 bridgehead atoms. The van der Waals surface area contributed by atoms with Gasteiger partial charge in [0.1, 0.15) is 5.78 Å². The summed E-state index contributed by atoms with van der Waals surface area (Å²) < 4.78 is 1.77. The smallest absolute Gasteiger partial charge is 0.140 e. The Labute approximate surface area is 110 Å². The molecule has 4 heteroatoms. The molecule has 4 nitrogen and oxygen atoms in total. The van der Waals surface area contributed by atoms with Gasteiger partial charge in [-0.05, 0) is 24.8 Å². The van der Waals surface area contributed by atoms with Crippen molar-refractivity contribution in [1.82, 2.24) is 9.78 Å². The van der Waals surface area contributed by atoms with Crippen molar-refractivity contribution in [3.63, 3.8) is 0 Å². The summed E-state index contributed by atoms with van der Waals surface area (Å²) in [6.07, 6.45) is 1.74. The molecule has 1 aromatic rings. The molecule has 102 valence electrons. The Bertz CT molecular complexity index is 415. The van der Waals surface area contributed by atoms with Gasteiger partial charge < -0.3 is 5.73 Å². The van der Waals surface area contributed by atoms with E-state index in [1.807, 2.05) is 20.0 Å². The third-order valence-corrected chi connectivity index (χ3v) is 2.84. The average Bonchev–Trinajstić information content (AvgIpc) is 2.40. The molecule has 1 rings (SSSR count). The van der Waals surface area contributed by atoms with Gasteiger partial charge in [0.25, 0.3) is 0 Å². The van der Waals surface area contributed by atoms with Crippen molar-refractivity contribution < 1.29 is 4.79 Å². The van der Waals surface area contributed by atoms with Crippen molar-refractivity contribution >= 4 is 5.78 Å². The van der Waals surface area contributed by atoms with E-state index in [0.717, 1.165) is 17.8 Å². The first-order valence-electron chi connectivity index (χ1n) is 6.44. The van der Waals surface area contributed by atoms with Crippen LogP contribution in [0.2, 0.25) is 0 Å². The van der Waals surface area contributed by atoms with Crippen LogP contribution in [0.15, 0.2) is 6.07 Å². The lowest BCUT2D eigenvalue weighted by atomic mass is 9.86. The Hall–Kier alpha value is -1.16. The van der Waals surface area contributed by atoms with E-state index < -0.39 is 0 Å². The Morgan fingerprint density at radius 1 is 1.50 bits per heavy atom. The molecule has 1 aromatic heterocycles. The lowest BCUT2D eigenvalue weighted by Crippen LogP contribution is -2.29. The summed E-state index contributed by atoms with van der Waals surface area (Å²) >= 11 is 0. The summed E-state index contributed by atoms with van der Waals surface area (Å²) in [7, 11) is 1.87. The molecule has 0 fully saturated rings. The highest BCUT2D eigenvalue weighted by atomic mass is 16.1. The summed E-state index contributed by atoms with van der Waals surface area (Å²) in [5.74, 6) is 0.190. The van der Waals surface area contributed by atoms with Crippen LogP contribution in [0.1, 0.15) is 45.0 Å². The van der Waals surface area contributed by atoms with Gasteiger partial charge in [0.05, 0.1) is 5.69 Å². The predicted octanol–water partition coefficient (Wildman–Crippen LogP) is 1.99. The van der Waals surface area contributed by atoms with Crippen LogP contribution in [0.3, 0.4) is 0 Å². The van der Waals surface area contributed by atoms with Crippen molar-refractivity contribution in [2.75, 3.05) is 0 Å². The van der Waals surface area contributed by atoms with Gasteiger partial charge in [0.15, 0.2) is 0 Å². The number of hydrogen-bond acceptors (Lipinski definition) is 3. The van der Waals surface area contributed by atoms with E-state index in [1.54, 1.807) is 4.68 Å². The van der Waals surface area contributed by atoms with Gasteiger partial charge in [-0.1, -0.05) is 20.8 Å². The summed E-state index contributed by atoms with van der Waals surface area (Å²) in [4.78, 5) is 11.9. The minimum absolute atomic E-state index is 0.0492. The van der Waals surface area contributed by atoms with Crippen molar-refractivity contribution in [2.45, 2.75) is 53.0 Å². The molecule has 1 heterocycles. The zero-order chi connectivity index (χ0) is 13.9. The maximum atomic E-state index is 11.9. The number of nitrogens with two attached hydrogens (primary N) is 1. The number of nitrogens with zero attached hydrogens (tertiary/aromatic N) is 2. The lowest BCUT2D eigenvalue weighted by Gasteiger charge is -2.22. The summed E-state index contributed by atoms with van der Waals surface area (Å²) in [5.41, 5.74) is 8.09. The van der Waals surface area contributed by atoms with E-state index in [-0.39, 0.29) is 17.2 Å². The number of carbonyl (C=O) groups excluding carboxylic acids is 1. The van der Waals surface area contributed by atoms with E-state index in [2.05, 4.69) is 25.9 Å². The number of Topliss-reactive ketones (excluding diaryl/α,β-unsaturated/α-hetero) is 1. The normalized spacial score (nSPS) is 13.7. The highest BCUT2D eigenvalue weighted by molar-refractivity contribution is 5.81. The second-order valence-electron chi connectivity index (χ2n) is 6.35. The van der Waals surface area contributed by atoms with E-state index in [9.17, 15) is 4.79 Å². The third-order valence-electron chi connectivity index (χ3n) is 2.84. The fourth-order valence-electron chi connectivity index (χ4n) is 2.26. The highest BCUT2D eigenvalue weighted by Crippen LogP contribution is 2.21. The molecular weight excluding hydrogens is 226 g/mol. The number of ketones is 1. The van der Waals surface area contributed by atoms with Crippen LogP contribution < -0.4 is 5.73 Å². The monoisotopic (exact) mass is 251 g/mol. The Balaban J connectivity index is 2.49. The molecule has 18 heavy (non-hydrogen) atoms. The molecule has 0 aliphatic carbocycles. The molecular formula is C14H25N3O. The van der Waals surface area contributed by atoms with E-state index in [1.165, 1.54) is 0 Å². The maximum absolute atomic E-state index is 11.9. The van der Waals surface area contributed by atoms with Crippen LogP contribution in [0, 0.1) is 12.3 Å². The fraction of sp³-hybridized carbons (Fsp3) is 0.714. The second kappa shape index (κ2) is 5.65. The largest absolute Gasteiger partial charge is 0.327 e. The predicted molar refractivity (Wildman–Crippen MR) is 73.3 cm³/mol. The van der Waals surface area contributed by atoms with Crippen molar-refractivity contribution in [3.05, 3.63) is 17.5 Å². The maximum Gasteiger partial charge on any atom is 0.140 e. The number of carbonyl (C=O) groups is 1. The second-order valence-corrected chi connectivity index (χ2v) is 6.35. The molecule has 0 aliphatic heterocycles. The molecule has 0 aliphatic rings. The first-order valence-corrected chi connectivity index (χ1v) is 6.44. The van der Waals surface area contributed by atoms with Crippen LogP contribution in [-0.4, -0.2) is 21.6 Å². The number of rotatable bonds is 5. The summed E-state index contributed by atoms with van der Waals surface area (Å²) in [6.45, 7) is 8.35. The van der Waals surface area contributed by atoms with Gasteiger partial charge in [0, 0.05) is 31.6 Å². The third kappa shape index (κ3) is 5.00. The average molecular weight is 251 g/mol. The molecule has 1 atom stereocenters. The molecule has 0 spiro atoms. The van der Waals surface area contributed by atoms with Crippen LogP contribution >= 0.6 is 0 Å². The van der Waals surface area contributed by atoms with Crippen molar-refractivity contribution in [1.29, 1.82) is 0 Å².